The van der Waals surface area contributed by atoms with Gasteiger partial charge in [0.1, 0.15) is 5.75 Å². The molecule has 1 aliphatic carbocycles. The largest absolute Gasteiger partial charge is 0.496 e. The summed E-state index contributed by atoms with van der Waals surface area (Å²) in [6.45, 7) is 1.97. The fourth-order valence-electron chi connectivity index (χ4n) is 5.83. The van der Waals surface area contributed by atoms with Crippen molar-refractivity contribution in [1.82, 2.24) is 4.57 Å². The maximum Gasteiger partial charge on any atom is 0.262 e. The Kier molecular flexibility index (Phi) is 5.43. The van der Waals surface area contributed by atoms with E-state index in [0.29, 0.717) is 22.8 Å². The van der Waals surface area contributed by atoms with Crippen molar-refractivity contribution in [3.63, 3.8) is 0 Å². The van der Waals surface area contributed by atoms with Crippen LogP contribution in [0.5, 0.6) is 17.2 Å². The van der Waals surface area contributed by atoms with Gasteiger partial charge >= 0.3 is 0 Å². The number of rotatable bonds is 4. The first kappa shape index (κ1) is 21.6. The van der Waals surface area contributed by atoms with Crippen LogP contribution in [0.4, 0.5) is 0 Å². The van der Waals surface area contributed by atoms with Crippen molar-refractivity contribution >= 4 is 32.4 Å². The van der Waals surface area contributed by atoms with E-state index in [1.807, 2.05) is 32.2 Å². The van der Waals surface area contributed by atoms with Crippen molar-refractivity contribution in [1.29, 1.82) is 0 Å². The number of aromatic nitrogens is 1. The van der Waals surface area contributed by atoms with Gasteiger partial charge in [-0.15, -0.1) is 0 Å². The lowest BCUT2D eigenvalue weighted by atomic mass is 9.81. The van der Waals surface area contributed by atoms with Crippen LogP contribution in [0.3, 0.4) is 0 Å². The third-order valence-corrected chi connectivity index (χ3v) is 7.39. The Morgan fingerprint density at radius 2 is 1.48 bits per heavy atom. The average molecular weight is 446 g/mol. The Hall–Kier alpha value is -3.21. The number of benzene rings is 3. The molecule has 0 aliphatic heterocycles. The molecule has 0 bridgehead atoms. The van der Waals surface area contributed by atoms with E-state index in [4.69, 9.17) is 14.2 Å². The molecule has 1 heterocycles. The van der Waals surface area contributed by atoms with Gasteiger partial charge < -0.3 is 18.8 Å². The molecule has 5 heteroatoms. The smallest absolute Gasteiger partial charge is 0.262 e. The van der Waals surface area contributed by atoms with Crippen molar-refractivity contribution in [2.45, 2.75) is 44.9 Å². The molecule has 5 rings (SSSR count). The average Bonchev–Trinajstić information content (AvgIpc) is 2.85. The lowest BCUT2D eigenvalue weighted by Crippen LogP contribution is -2.19. The summed E-state index contributed by atoms with van der Waals surface area (Å²) in [4.78, 5) is 13.6. The summed E-state index contributed by atoms with van der Waals surface area (Å²) in [5.74, 6) is 2.60. The summed E-state index contributed by atoms with van der Waals surface area (Å²) in [5.41, 5.74) is 3.02. The molecule has 0 radical (unpaired) electrons. The van der Waals surface area contributed by atoms with Crippen LogP contribution in [-0.2, 0) is 7.05 Å². The number of fused-ring (bicyclic) bond motifs is 5. The maximum absolute atomic E-state index is 13.6. The second kappa shape index (κ2) is 8.29. The van der Waals surface area contributed by atoms with Gasteiger partial charge in [0, 0.05) is 28.8 Å². The van der Waals surface area contributed by atoms with E-state index in [1.165, 1.54) is 24.8 Å². The summed E-state index contributed by atoms with van der Waals surface area (Å²) in [6, 6.07) is 10.4. The Morgan fingerprint density at radius 3 is 2.15 bits per heavy atom. The number of hydrogen-bond acceptors (Lipinski definition) is 4. The topological polar surface area (TPSA) is 49.7 Å². The summed E-state index contributed by atoms with van der Waals surface area (Å²) >= 11 is 0. The number of nitrogens with zero attached hydrogens (tertiary/aromatic N) is 1. The molecule has 0 saturated heterocycles. The van der Waals surface area contributed by atoms with E-state index in [2.05, 4.69) is 12.1 Å². The third kappa shape index (κ3) is 3.17. The van der Waals surface area contributed by atoms with E-state index in [1.54, 1.807) is 25.9 Å². The first-order valence-corrected chi connectivity index (χ1v) is 11.7. The Bertz CT molecular complexity index is 1440. The molecule has 1 aromatic heterocycles. The minimum atomic E-state index is -0.0560. The van der Waals surface area contributed by atoms with Crippen LogP contribution in [-0.4, -0.2) is 25.9 Å². The monoisotopic (exact) mass is 445 g/mol. The van der Waals surface area contributed by atoms with E-state index >= 15 is 0 Å². The molecule has 0 atom stereocenters. The van der Waals surface area contributed by atoms with Crippen molar-refractivity contribution in [2.24, 2.45) is 7.05 Å². The van der Waals surface area contributed by atoms with Gasteiger partial charge in [-0.3, -0.25) is 4.79 Å². The lowest BCUT2D eigenvalue weighted by Gasteiger charge is -2.27. The van der Waals surface area contributed by atoms with Crippen LogP contribution in [0.1, 0.15) is 49.1 Å². The number of pyridine rings is 1. The van der Waals surface area contributed by atoms with Crippen LogP contribution in [0, 0.1) is 6.92 Å². The van der Waals surface area contributed by atoms with E-state index in [0.717, 1.165) is 51.2 Å². The highest BCUT2D eigenvalue weighted by Crippen LogP contribution is 2.48. The standard InChI is InChI=1S/C28H31NO4/c1-16-11-12-18-20-14-13-19-21(25(20)29(2)28(30)24(18)26(16)32-4)15-22(31-3)27(33-5)23(19)17-9-7-6-8-10-17/h11-15,17H,6-10H2,1-5H3. The van der Waals surface area contributed by atoms with E-state index < -0.39 is 0 Å². The van der Waals surface area contributed by atoms with Gasteiger partial charge in [-0.05, 0) is 42.7 Å². The Labute approximate surface area is 193 Å². The van der Waals surface area contributed by atoms with Gasteiger partial charge in [0.15, 0.2) is 11.5 Å². The maximum atomic E-state index is 13.6. The molecule has 1 aliphatic rings. The van der Waals surface area contributed by atoms with Gasteiger partial charge in [0.2, 0.25) is 0 Å². The third-order valence-electron chi connectivity index (χ3n) is 7.39. The van der Waals surface area contributed by atoms with Gasteiger partial charge in [0.25, 0.3) is 5.56 Å². The highest BCUT2D eigenvalue weighted by molar-refractivity contribution is 6.17. The number of methoxy groups -OCH3 is 3. The van der Waals surface area contributed by atoms with Crippen LogP contribution < -0.4 is 19.8 Å². The molecule has 4 aromatic rings. The zero-order chi connectivity index (χ0) is 23.3. The number of hydrogen-bond donors (Lipinski definition) is 0. The molecule has 3 aromatic carbocycles. The van der Waals surface area contributed by atoms with Gasteiger partial charge in [-0.1, -0.05) is 43.5 Å². The summed E-state index contributed by atoms with van der Waals surface area (Å²) in [5, 5.41) is 4.72. The first-order chi connectivity index (χ1) is 16.0. The number of ether oxygens (including phenoxy) is 3. The minimum Gasteiger partial charge on any atom is -0.496 e. The molecule has 172 valence electrons. The van der Waals surface area contributed by atoms with Crippen LogP contribution in [0.25, 0.3) is 32.4 Å². The van der Waals surface area contributed by atoms with Crippen molar-refractivity contribution in [3.05, 3.63) is 51.8 Å². The molecule has 1 saturated carbocycles. The fraction of sp³-hybridized carbons (Fsp3) is 0.393. The molecule has 1 fully saturated rings. The SMILES string of the molecule is COc1cc2c(ccc3c4ccc(C)c(OC)c4c(=O)n(C)c23)c(C2CCCCC2)c1OC. The summed E-state index contributed by atoms with van der Waals surface area (Å²) in [7, 11) is 6.87. The fourth-order valence-corrected chi connectivity index (χ4v) is 5.83. The quantitative estimate of drug-likeness (QED) is 0.350. The van der Waals surface area contributed by atoms with Crippen LogP contribution in [0.15, 0.2) is 35.1 Å². The predicted octanol–water partition coefficient (Wildman–Crippen LogP) is 6.23. The van der Waals surface area contributed by atoms with Crippen LogP contribution in [0.2, 0.25) is 0 Å². The van der Waals surface area contributed by atoms with E-state index in [-0.39, 0.29) is 5.56 Å². The molecule has 33 heavy (non-hydrogen) atoms. The Balaban J connectivity index is 1.97. The van der Waals surface area contributed by atoms with Crippen molar-refractivity contribution < 1.29 is 14.2 Å². The lowest BCUT2D eigenvalue weighted by molar-refractivity contribution is 0.344. The normalized spacial score (nSPS) is 14.8. The van der Waals surface area contributed by atoms with Gasteiger partial charge in [-0.2, -0.15) is 0 Å². The zero-order valence-corrected chi connectivity index (χ0v) is 20.1. The van der Waals surface area contributed by atoms with Crippen molar-refractivity contribution in [2.75, 3.05) is 21.3 Å². The second-order valence-corrected chi connectivity index (χ2v) is 9.12. The molecule has 0 N–H and O–H groups in total. The van der Waals surface area contributed by atoms with E-state index in [9.17, 15) is 4.79 Å². The molecule has 0 amide bonds. The molecule has 0 unspecified atom stereocenters. The predicted molar refractivity (Wildman–Crippen MR) is 134 cm³/mol. The van der Waals surface area contributed by atoms with Gasteiger partial charge in [-0.25, -0.2) is 0 Å². The molecule has 5 nitrogen and oxygen atoms in total. The molecule has 0 spiro atoms. The number of aryl methyl sites for hydroxylation is 2. The second-order valence-electron chi connectivity index (χ2n) is 9.12. The first-order valence-electron chi connectivity index (χ1n) is 11.7. The highest BCUT2D eigenvalue weighted by atomic mass is 16.5. The summed E-state index contributed by atoms with van der Waals surface area (Å²) < 4.78 is 19.1. The summed E-state index contributed by atoms with van der Waals surface area (Å²) in [6.07, 6.45) is 6.02. The molecular formula is C28H31NO4. The van der Waals surface area contributed by atoms with Crippen LogP contribution >= 0.6 is 0 Å². The van der Waals surface area contributed by atoms with Crippen molar-refractivity contribution in [3.8, 4) is 17.2 Å². The minimum absolute atomic E-state index is 0.0560. The Morgan fingerprint density at radius 1 is 0.818 bits per heavy atom. The zero-order valence-electron chi connectivity index (χ0n) is 20.1. The van der Waals surface area contributed by atoms with Gasteiger partial charge in [0.05, 0.1) is 32.2 Å². The molecular weight excluding hydrogens is 414 g/mol. The highest BCUT2D eigenvalue weighted by Gasteiger charge is 2.26.